The molecule has 0 aliphatic rings. The van der Waals surface area contributed by atoms with Gasteiger partial charge in [-0.05, 0) is 6.92 Å². The molecule has 0 saturated heterocycles. The summed E-state index contributed by atoms with van der Waals surface area (Å²) in [6, 6.07) is 0. The molecule has 0 N–H and O–H groups in total. The second kappa shape index (κ2) is 1.82. The third kappa shape index (κ3) is 0.644. The number of aryl methyl sites for hydroxylation is 1. The van der Waals surface area contributed by atoms with Gasteiger partial charge < -0.3 is 4.52 Å². The Morgan fingerprint density at radius 2 is 2.62 bits per heavy atom. The van der Waals surface area contributed by atoms with Crippen LogP contribution in [-0.4, -0.2) is 5.16 Å². The molecule has 0 radical (unpaired) electrons. The van der Waals surface area contributed by atoms with Gasteiger partial charge in [0.2, 0.25) is 0 Å². The largest absolute Gasteiger partial charge is 0.364 e. The maximum absolute atomic E-state index is 4.61. The molecule has 1 aromatic rings. The highest BCUT2D eigenvalue weighted by atomic mass is 16.5. The molecule has 1 aromatic heterocycles. The van der Waals surface area contributed by atoms with Gasteiger partial charge in [0.15, 0.2) is 0 Å². The van der Waals surface area contributed by atoms with Crippen molar-refractivity contribution >= 4 is 6.08 Å². The third-order valence-electron chi connectivity index (χ3n) is 1.01. The number of hydrogen-bond acceptors (Lipinski definition) is 2. The Morgan fingerprint density at radius 1 is 1.88 bits per heavy atom. The van der Waals surface area contributed by atoms with Crippen LogP contribution in [0.4, 0.5) is 0 Å². The maximum Gasteiger partial charge on any atom is 0.131 e. The summed E-state index contributed by atoms with van der Waals surface area (Å²) in [6.45, 7) is 5.44. The van der Waals surface area contributed by atoms with Crippen molar-refractivity contribution in [1.29, 1.82) is 0 Å². The Hall–Kier alpha value is -1.05. The highest BCUT2D eigenvalue weighted by Crippen LogP contribution is 2.04. The van der Waals surface area contributed by atoms with Gasteiger partial charge in [0.05, 0.1) is 5.69 Å². The lowest BCUT2D eigenvalue weighted by molar-refractivity contribution is 0.415. The molecule has 8 heavy (non-hydrogen) atoms. The lowest BCUT2D eigenvalue weighted by Gasteiger charge is -1.77. The van der Waals surface area contributed by atoms with Crippen LogP contribution >= 0.6 is 0 Å². The van der Waals surface area contributed by atoms with Crippen molar-refractivity contribution in [2.24, 2.45) is 0 Å². The van der Waals surface area contributed by atoms with Crippen molar-refractivity contribution in [1.82, 2.24) is 5.16 Å². The molecule has 0 aliphatic carbocycles. The summed E-state index contributed by atoms with van der Waals surface area (Å²) in [5.74, 6) is 0. The van der Waals surface area contributed by atoms with Crippen LogP contribution in [0.2, 0.25) is 0 Å². The molecule has 2 nitrogen and oxygen atoms in total. The molecule has 0 atom stereocenters. The molecule has 0 unspecified atom stereocenters. The number of aromatic nitrogens is 1. The summed E-state index contributed by atoms with van der Waals surface area (Å²) >= 11 is 0. The highest BCUT2D eigenvalue weighted by Gasteiger charge is 1.93. The molecule has 1 heterocycles. The molecule has 0 bridgehead atoms. The Balaban J connectivity index is 3.09. The van der Waals surface area contributed by atoms with Crippen molar-refractivity contribution in [2.45, 2.75) is 6.92 Å². The first-order chi connectivity index (χ1) is 3.84. The molecule has 1 rings (SSSR count). The van der Waals surface area contributed by atoms with E-state index >= 15 is 0 Å². The van der Waals surface area contributed by atoms with Gasteiger partial charge in [-0.25, -0.2) is 0 Å². The summed E-state index contributed by atoms with van der Waals surface area (Å²) in [5.41, 5.74) is 1.85. The van der Waals surface area contributed by atoms with Gasteiger partial charge in [-0.3, -0.25) is 0 Å². The van der Waals surface area contributed by atoms with Gasteiger partial charge in [0.1, 0.15) is 6.26 Å². The van der Waals surface area contributed by atoms with Crippen LogP contribution in [0.15, 0.2) is 17.4 Å². The number of hydrogen-bond donors (Lipinski definition) is 0. The first-order valence-corrected chi connectivity index (χ1v) is 2.38. The van der Waals surface area contributed by atoms with Gasteiger partial charge in [-0.15, -0.1) is 0 Å². The van der Waals surface area contributed by atoms with E-state index in [1.165, 1.54) is 0 Å². The Morgan fingerprint density at radius 3 is 2.88 bits per heavy atom. The zero-order valence-electron chi connectivity index (χ0n) is 4.72. The first-order valence-electron chi connectivity index (χ1n) is 2.38. The summed E-state index contributed by atoms with van der Waals surface area (Å²) in [6.07, 6.45) is 3.29. The van der Waals surface area contributed by atoms with Gasteiger partial charge in [-0.1, -0.05) is 17.8 Å². The second-order valence-electron chi connectivity index (χ2n) is 1.56. The summed E-state index contributed by atoms with van der Waals surface area (Å²) in [4.78, 5) is 0. The van der Waals surface area contributed by atoms with Gasteiger partial charge >= 0.3 is 0 Å². The zero-order chi connectivity index (χ0) is 5.98. The minimum absolute atomic E-state index is 0.889. The molecule has 42 valence electrons. The minimum atomic E-state index is 0.889. The molecular weight excluding hydrogens is 102 g/mol. The lowest BCUT2D eigenvalue weighted by atomic mass is 10.3. The molecule has 0 aliphatic heterocycles. The first kappa shape index (κ1) is 5.09. The molecule has 2 heteroatoms. The van der Waals surface area contributed by atoms with E-state index in [0.29, 0.717) is 0 Å². The Bertz CT molecular complexity index is 190. The van der Waals surface area contributed by atoms with Crippen LogP contribution in [0.3, 0.4) is 0 Å². The molecule has 0 saturated carbocycles. The summed E-state index contributed by atoms with van der Waals surface area (Å²) in [5, 5.41) is 3.64. The van der Waals surface area contributed by atoms with E-state index in [1.807, 2.05) is 6.92 Å². The predicted molar refractivity (Wildman–Crippen MR) is 31.3 cm³/mol. The summed E-state index contributed by atoms with van der Waals surface area (Å²) < 4.78 is 4.61. The van der Waals surface area contributed by atoms with Crippen molar-refractivity contribution < 1.29 is 4.52 Å². The zero-order valence-corrected chi connectivity index (χ0v) is 4.72. The van der Waals surface area contributed by atoms with E-state index in [9.17, 15) is 0 Å². The highest BCUT2D eigenvalue weighted by molar-refractivity contribution is 5.46. The molecular formula is C6H7NO. The predicted octanol–water partition coefficient (Wildman–Crippen LogP) is 1.63. The van der Waals surface area contributed by atoms with Gasteiger partial charge in [0.25, 0.3) is 0 Å². The quantitative estimate of drug-likeness (QED) is 0.547. The normalized spacial score (nSPS) is 9.12. The van der Waals surface area contributed by atoms with Crippen LogP contribution in [0.25, 0.3) is 6.08 Å². The molecule has 0 fully saturated rings. The average Bonchev–Trinajstić information content (AvgIpc) is 2.14. The topological polar surface area (TPSA) is 26.0 Å². The van der Waals surface area contributed by atoms with E-state index in [-0.39, 0.29) is 0 Å². The van der Waals surface area contributed by atoms with Crippen LogP contribution < -0.4 is 0 Å². The van der Waals surface area contributed by atoms with Crippen molar-refractivity contribution in [3.05, 3.63) is 24.1 Å². The molecule has 0 aromatic carbocycles. The molecule has 0 spiro atoms. The fourth-order valence-electron chi connectivity index (χ4n) is 0.496. The van der Waals surface area contributed by atoms with Crippen LogP contribution in [0.5, 0.6) is 0 Å². The van der Waals surface area contributed by atoms with Crippen molar-refractivity contribution in [3.8, 4) is 0 Å². The Labute approximate surface area is 47.8 Å². The Kier molecular flexibility index (Phi) is 1.16. The maximum atomic E-state index is 4.61. The SMILES string of the molecule is C=Cc1conc1C. The fraction of sp³-hybridized carbons (Fsp3) is 0.167. The minimum Gasteiger partial charge on any atom is -0.364 e. The summed E-state index contributed by atoms with van der Waals surface area (Å²) in [7, 11) is 0. The van der Waals surface area contributed by atoms with E-state index in [0.717, 1.165) is 11.3 Å². The standard InChI is InChI=1S/C6H7NO/c1-3-6-4-8-7-5(6)2/h3-4H,1H2,2H3. The van der Waals surface area contributed by atoms with Gasteiger partial charge in [0, 0.05) is 5.56 Å². The van der Waals surface area contributed by atoms with E-state index < -0.39 is 0 Å². The lowest BCUT2D eigenvalue weighted by Crippen LogP contribution is -1.69. The third-order valence-corrected chi connectivity index (χ3v) is 1.01. The van der Waals surface area contributed by atoms with Crippen LogP contribution in [-0.2, 0) is 0 Å². The van der Waals surface area contributed by atoms with Gasteiger partial charge in [-0.2, -0.15) is 0 Å². The molecule has 0 amide bonds. The average molecular weight is 109 g/mol. The van der Waals surface area contributed by atoms with Crippen molar-refractivity contribution in [3.63, 3.8) is 0 Å². The van der Waals surface area contributed by atoms with E-state index in [4.69, 9.17) is 0 Å². The van der Waals surface area contributed by atoms with Crippen LogP contribution in [0.1, 0.15) is 11.3 Å². The fourth-order valence-corrected chi connectivity index (χ4v) is 0.496. The van der Waals surface area contributed by atoms with E-state index in [2.05, 4.69) is 16.3 Å². The monoisotopic (exact) mass is 109 g/mol. The second-order valence-corrected chi connectivity index (χ2v) is 1.56. The van der Waals surface area contributed by atoms with Crippen LogP contribution in [0, 0.1) is 6.92 Å². The number of rotatable bonds is 1. The smallest absolute Gasteiger partial charge is 0.131 e. The number of nitrogens with zero attached hydrogens (tertiary/aromatic N) is 1. The van der Waals surface area contributed by atoms with E-state index in [1.54, 1.807) is 12.3 Å². The van der Waals surface area contributed by atoms with Crippen molar-refractivity contribution in [2.75, 3.05) is 0 Å².